The van der Waals surface area contributed by atoms with E-state index in [0.717, 1.165) is 6.07 Å². The van der Waals surface area contributed by atoms with Crippen molar-refractivity contribution >= 4 is 28.9 Å². The Morgan fingerprint density at radius 1 is 1.30 bits per heavy atom. The Kier molecular flexibility index (Phi) is 4.10. The first kappa shape index (κ1) is 14.1. The van der Waals surface area contributed by atoms with Crippen LogP contribution in [-0.2, 0) is 0 Å². The Morgan fingerprint density at radius 2 is 2.05 bits per heavy atom. The lowest BCUT2D eigenvalue weighted by atomic mass is 10.1. The van der Waals surface area contributed by atoms with Crippen molar-refractivity contribution in [3.05, 3.63) is 52.8 Å². The van der Waals surface area contributed by atoms with Gasteiger partial charge in [-0.3, -0.25) is 4.79 Å². The molecular formula is C14H12ClFN2O2. The fourth-order valence-corrected chi connectivity index (χ4v) is 1.85. The quantitative estimate of drug-likeness (QED) is 0.854. The van der Waals surface area contributed by atoms with Crippen molar-refractivity contribution in [3.63, 3.8) is 0 Å². The molecule has 0 aliphatic rings. The third kappa shape index (κ3) is 3.00. The van der Waals surface area contributed by atoms with E-state index in [1.807, 2.05) is 0 Å². The molecule has 6 heteroatoms. The van der Waals surface area contributed by atoms with Crippen molar-refractivity contribution in [2.45, 2.75) is 0 Å². The molecule has 0 fully saturated rings. The van der Waals surface area contributed by atoms with E-state index in [4.69, 9.17) is 22.1 Å². The molecule has 0 aliphatic heterocycles. The summed E-state index contributed by atoms with van der Waals surface area (Å²) >= 11 is 5.88. The molecule has 4 nitrogen and oxygen atoms in total. The van der Waals surface area contributed by atoms with Crippen molar-refractivity contribution in [2.75, 3.05) is 18.2 Å². The molecule has 0 atom stereocenters. The number of nitrogens with two attached hydrogens (primary N) is 1. The molecule has 2 aromatic carbocycles. The van der Waals surface area contributed by atoms with Crippen LogP contribution in [0.1, 0.15) is 10.4 Å². The minimum atomic E-state index is -0.641. The first-order chi connectivity index (χ1) is 9.51. The van der Waals surface area contributed by atoms with Crippen LogP contribution in [0.4, 0.5) is 15.8 Å². The van der Waals surface area contributed by atoms with E-state index in [1.54, 1.807) is 18.2 Å². The Balaban J connectivity index is 2.25. The molecule has 0 spiro atoms. The van der Waals surface area contributed by atoms with Gasteiger partial charge in [0.2, 0.25) is 0 Å². The van der Waals surface area contributed by atoms with Gasteiger partial charge in [-0.1, -0.05) is 11.6 Å². The summed E-state index contributed by atoms with van der Waals surface area (Å²) in [6, 6.07) is 8.52. The van der Waals surface area contributed by atoms with Gasteiger partial charge in [-0.25, -0.2) is 4.39 Å². The molecule has 0 radical (unpaired) electrons. The Hall–Kier alpha value is -2.27. The maximum absolute atomic E-state index is 13.6. The molecule has 104 valence electrons. The second-order valence-electron chi connectivity index (χ2n) is 4.04. The predicted octanol–water partition coefficient (Wildman–Crippen LogP) is 3.32. The van der Waals surface area contributed by atoms with Crippen LogP contribution in [0.15, 0.2) is 36.4 Å². The highest BCUT2D eigenvalue weighted by Crippen LogP contribution is 2.27. The molecule has 1 amide bonds. The number of hydrogen-bond donors (Lipinski definition) is 2. The van der Waals surface area contributed by atoms with E-state index in [-0.39, 0.29) is 5.56 Å². The van der Waals surface area contributed by atoms with Gasteiger partial charge in [0.15, 0.2) is 0 Å². The summed E-state index contributed by atoms with van der Waals surface area (Å²) in [4.78, 5) is 12.0. The highest BCUT2D eigenvalue weighted by atomic mass is 35.5. The monoisotopic (exact) mass is 294 g/mol. The van der Waals surface area contributed by atoms with E-state index in [0.29, 0.717) is 22.1 Å². The molecule has 3 N–H and O–H groups in total. The minimum Gasteiger partial charge on any atom is -0.495 e. The molecular weight excluding hydrogens is 283 g/mol. The van der Waals surface area contributed by atoms with E-state index in [9.17, 15) is 9.18 Å². The van der Waals surface area contributed by atoms with Gasteiger partial charge < -0.3 is 15.8 Å². The van der Waals surface area contributed by atoms with Crippen molar-refractivity contribution < 1.29 is 13.9 Å². The van der Waals surface area contributed by atoms with Crippen LogP contribution < -0.4 is 15.8 Å². The number of halogens is 2. The van der Waals surface area contributed by atoms with Crippen molar-refractivity contribution in [3.8, 4) is 5.75 Å². The summed E-state index contributed by atoms with van der Waals surface area (Å²) in [7, 11) is 1.46. The zero-order valence-electron chi connectivity index (χ0n) is 10.6. The van der Waals surface area contributed by atoms with Gasteiger partial charge in [0, 0.05) is 17.4 Å². The van der Waals surface area contributed by atoms with Crippen LogP contribution in [0, 0.1) is 5.82 Å². The van der Waals surface area contributed by atoms with Crippen LogP contribution in [0.2, 0.25) is 5.02 Å². The number of rotatable bonds is 3. The summed E-state index contributed by atoms with van der Waals surface area (Å²) in [5.74, 6) is -0.825. The number of nitrogens with one attached hydrogen (secondary N) is 1. The smallest absolute Gasteiger partial charge is 0.258 e. The molecule has 0 saturated heterocycles. The predicted molar refractivity (Wildman–Crippen MR) is 76.8 cm³/mol. The third-order valence-electron chi connectivity index (χ3n) is 2.64. The van der Waals surface area contributed by atoms with Crippen molar-refractivity contribution in [2.24, 2.45) is 0 Å². The minimum absolute atomic E-state index is 0.126. The van der Waals surface area contributed by atoms with Gasteiger partial charge >= 0.3 is 0 Å². The zero-order valence-corrected chi connectivity index (χ0v) is 11.4. The number of benzene rings is 2. The molecule has 0 aliphatic carbocycles. The van der Waals surface area contributed by atoms with Crippen LogP contribution in [0.3, 0.4) is 0 Å². The second-order valence-corrected chi connectivity index (χ2v) is 4.45. The standard InChI is InChI=1S/C14H12ClFN2O2/c1-20-13-7-9(3-4-11(13)15)18-14(19)10-6-8(17)2-5-12(10)16/h2-7H,17H2,1H3,(H,18,19). The second kappa shape index (κ2) is 5.79. The summed E-state index contributed by atoms with van der Waals surface area (Å²) < 4.78 is 18.6. The van der Waals surface area contributed by atoms with Gasteiger partial charge in [-0.15, -0.1) is 0 Å². The molecule has 20 heavy (non-hydrogen) atoms. The number of ether oxygens (including phenoxy) is 1. The van der Waals surface area contributed by atoms with Crippen molar-refractivity contribution in [1.29, 1.82) is 0 Å². The van der Waals surface area contributed by atoms with E-state index in [1.165, 1.54) is 19.2 Å². The molecule has 0 unspecified atom stereocenters. The highest BCUT2D eigenvalue weighted by molar-refractivity contribution is 6.32. The number of hydrogen-bond acceptors (Lipinski definition) is 3. The number of nitrogen functional groups attached to an aromatic ring is 1. The summed E-state index contributed by atoms with van der Waals surface area (Å²) in [6.45, 7) is 0. The number of methoxy groups -OCH3 is 1. The zero-order chi connectivity index (χ0) is 14.7. The maximum Gasteiger partial charge on any atom is 0.258 e. The van der Waals surface area contributed by atoms with Gasteiger partial charge in [-0.05, 0) is 30.3 Å². The first-order valence-electron chi connectivity index (χ1n) is 5.71. The van der Waals surface area contributed by atoms with Gasteiger partial charge in [0.1, 0.15) is 11.6 Å². The van der Waals surface area contributed by atoms with Gasteiger partial charge in [0.25, 0.3) is 5.91 Å². The number of anilines is 2. The summed E-state index contributed by atoms with van der Waals surface area (Å²) in [5, 5.41) is 2.97. The molecule has 2 rings (SSSR count). The Bertz CT molecular complexity index is 662. The van der Waals surface area contributed by atoms with Crippen molar-refractivity contribution in [1.82, 2.24) is 0 Å². The average molecular weight is 295 g/mol. The number of carbonyl (C=O) groups is 1. The Morgan fingerprint density at radius 3 is 2.75 bits per heavy atom. The molecule has 2 aromatic rings. The molecule has 0 heterocycles. The van der Waals surface area contributed by atoms with E-state index in [2.05, 4.69) is 5.32 Å². The fraction of sp³-hybridized carbons (Fsp3) is 0.0714. The summed E-state index contributed by atoms with van der Waals surface area (Å²) in [6.07, 6.45) is 0. The van der Waals surface area contributed by atoms with E-state index < -0.39 is 11.7 Å². The van der Waals surface area contributed by atoms with Crippen LogP contribution in [0.5, 0.6) is 5.75 Å². The lowest BCUT2D eigenvalue weighted by Crippen LogP contribution is -2.14. The fourth-order valence-electron chi connectivity index (χ4n) is 1.65. The highest BCUT2D eigenvalue weighted by Gasteiger charge is 2.13. The topological polar surface area (TPSA) is 64.3 Å². The Labute approximate surface area is 120 Å². The largest absolute Gasteiger partial charge is 0.495 e. The van der Waals surface area contributed by atoms with Gasteiger partial charge in [-0.2, -0.15) is 0 Å². The molecule has 0 aromatic heterocycles. The molecule has 0 bridgehead atoms. The number of amides is 1. The van der Waals surface area contributed by atoms with Crippen LogP contribution >= 0.6 is 11.6 Å². The molecule has 0 saturated carbocycles. The van der Waals surface area contributed by atoms with Gasteiger partial charge in [0.05, 0.1) is 17.7 Å². The van der Waals surface area contributed by atoms with Crippen LogP contribution in [0.25, 0.3) is 0 Å². The lowest BCUT2D eigenvalue weighted by molar-refractivity contribution is 0.102. The average Bonchev–Trinajstić information content (AvgIpc) is 2.43. The van der Waals surface area contributed by atoms with Crippen LogP contribution in [-0.4, -0.2) is 13.0 Å². The lowest BCUT2D eigenvalue weighted by Gasteiger charge is -2.09. The third-order valence-corrected chi connectivity index (χ3v) is 2.96. The number of carbonyl (C=O) groups excluding carboxylic acids is 1. The SMILES string of the molecule is COc1cc(NC(=O)c2cc(N)ccc2F)ccc1Cl. The maximum atomic E-state index is 13.6. The summed E-state index contributed by atoms with van der Waals surface area (Å²) in [5.41, 5.74) is 6.17. The van der Waals surface area contributed by atoms with E-state index >= 15 is 0 Å². The normalized spacial score (nSPS) is 10.2. The first-order valence-corrected chi connectivity index (χ1v) is 6.09.